The van der Waals surface area contributed by atoms with Gasteiger partial charge in [-0.3, -0.25) is 33.6 Å². The van der Waals surface area contributed by atoms with Gasteiger partial charge in [0.2, 0.25) is 35.4 Å². The Kier molecular flexibility index (Phi) is 20.5. The monoisotopic (exact) mass is 1290 g/mol. The fraction of sp³-hybridized carbons (Fsp3) is 0.406. The Morgan fingerprint density at radius 2 is 1.39 bits per heavy atom. The molecule has 0 fully saturated rings. The van der Waals surface area contributed by atoms with E-state index in [1.165, 1.54) is 10.6 Å². The molecule has 0 radical (unpaired) electrons. The Hall–Kier alpha value is -10.0. The van der Waals surface area contributed by atoms with Gasteiger partial charge in [0.1, 0.15) is 36.7 Å². The van der Waals surface area contributed by atoms with E-state index in [2.05, 4.69) is 42.5 Å². The number of carbonyl (C=O) groups is 9. The number of alkyl carbamates (subject to hydrolysis) is 2. The summed E-state index contributed by atoms with van der Waals surface area (Å²) in [4.78, 5) is 138. The van der Waals surface area contributed by atoms with Crippen LogP contribution in [0.4, 0.5) is 14.0 Å². The van der Waals surface area contributed by atoms with Gasteiger partial charge in [-0.25, -0.2) is 23.8 Å². The highest BCUT2D eigenvalue weighted by atomic mass is 19.1. The number of hydrogen-bond donors (Lipinski definition) is 9. The largest absolute Gasteiger partial charge is 0.458 e. The van der Waals surface area contributed by atoms with Gasteiger partial charge in [-0.05, 0) is 123 Å². The van der Waals surface area contributed by atoms with Crippen LogP contribution in [0.3, 0.4) is 0 Å². The summed E-state index contributed by atoms with van der Waals surface area (Å²) in [6.07, 6.45) is 0.404. The number of fused-ring (bicyclic) bond motifs is 8. The maximum atomic E-state index is 15.5. The first kappa shape index (κ1) is 66.9. The quantitative estimate of drug-likeness (QED) is 0.0202. The summed E-state index contributed by atoms with van der Waals surface area (Å²) < 4.78 is 33.2. The number of amides is 8. The second-order valence-electron chi connectivity index (χ2n) is 24.9. The van der Waals surface area contributed by atoms with Crippen LogP contribution in [0.2, 0.25) is 0 Å². The van der Waals surface area contributed by atoms with E-state index >= 15 is 4.39 Å². The third kappa shape index (κ3) is 15.0. The van der Waals surface area contributed by atoms with Crippen LogP contribution in [0.5, 0.6) is 0 Å². The van der Waals surface area contributed by atoms with Gasteiger partial charge < -0.3 is 66.4 Å². The molecule has 2 aliphatic heterocycles. The number of benzene rings is 4. The zero-order valence-electron chi connectivity index (χ0n) is 53.0. The van der Waals surface area contributed by atoms with E-state index in [-0.39, 0.29) is 87.9 Å². The molecule has 2 aromatic heterocycles. The number of aliphatic hydroxyl groups is 1. The maximum Gasteiger partial charge on any atom is 0.407 e. The number of carbonyl (C=O) groups excluding carboxylic acids is 9. The summed E-state index contributed by atoms with van der Waals surface area (Å²) in [5.41, 5.74) is 5.40. The zero-order chi connectivity index (χ0) is 67.0. The lowest BCUT2D eigenvalue weighted by Gasteiger charge is -2.31. The molecule has 494 valence electrons. The van der Waals surface area contributed by atoms with E-state index in [1.54, 1.807) is 71.0 Å². The molecule has 9 N–H and O–H groups in total. The number of rotatable bonds is 25. The van der Waals surface area contributed by atoms with E-state index in [0.29, 0.717) is 70.2 Å². The first-order valence-corrected chi connectivity index (χ1v) is 31.6. The minimum atomic E-state index is -2.05. The maximum absolute atomic E-state index is 15.5. The average molecular weight is 1290 g/mol. The van der Waals surface area contributed by atoms with Gasteiger partial charge in [-0.2, -0.15) is 0 Å². The summed E-state index contributed by atoms with van der Waals surface area (Å²) in [6.45, 7) is 6.86. The van der Waals surface area contributed by atoms with Crippen molar-refractivity contribution in [3.63, 3.8) is 0 Å². The highest BCUT2D eigenvalue weighted by molar-refractivity contribution is 5.96. The third-order valence-electron chi connectivity index (χ3n) is 17.4. The average Bonchev–Trinajstić information content (AvgIpc) is 1.46. The molecule has 10 rings (SSSR count). The van der Waals surface area contributed by atoms with Gasteiger partial charge in [-0.15, -0.1) is 0 Å². The fourth-order valence-electron chi connectivity index (χ4n) is 12.7. The van der Waals surface area contributed by atoms with E-state index in [4.69, 9.17) is 19.2 Å². The van der Waals surface area contributed by atoms with Crippen molar-refractivity contribution in [3.8, 4) is 22.5 Å². The van der Waals surface area contributed by atoms with Crippen molar-refractivity contribution in [1.82, 2.24) is 52.1 Å². The Balaban J connectivity index is 0.694. The van der Waals surface area contributed by atoms with Crippen molar-refractivity contribution in [1.29, 1.82) is 0 Å². The number of pyridine rings is 2. The lowest BCUT2D eigenvalue weighted by Crippen LogP contribution is -2.53. The van der Waals surface area contributed by atoms with Gasteiger partial charge in [0.25, 0.3) is 5.56 Å². The highest BCUT2D eigenvalue weighted by Gasteiger charge is 2.46. The first-order chi connectivity index (χ1) is 45.0. The number of unbranched alkanes of at least 4 members (excludes halogenated alkanes) is 1. The van der Waals surface area contributed by atoms with Crippen molar-refractivity contribution in [2.24, 2.45) is 0 Å². The number of halogens is 1. The third-order valence-corrected chi connectivity index (χ3v) is 17.4. The highest BCUT2D eigenvalue weighted by Crippen LogP contribution is 2.47. The summed E-state index contributed by atoms with van der Waals surface area (Å²) in [5.74, 6) is -5.42. The number of cyclic esters (lactones) is 1. The summed E-state index contributed by atoms with van der Waals surface area (Å²) in [7, 11) is 0. The van der Waals surface area contributed by atoms with Crippen LogP contribution in [0.15, 0.2) is 95.8 Å². The molecule has 0 unspecified atom stereocenters. The normalized spacial score (nSPS) is 16.3. The second kappa shape index (κ2) is 28.9. The smallest absolute Gasteiger partial charge is 0.407 e. The zero-order valence-corrected chi connectivity index (χ0v) is 53.0. The molecule has 25 heteroatoms. The van der Waals surface area contributed by atoms with E-state index in [0.717, 1.165) is 27.8 Å². The van der Waals surface area contributed by atoms with Crippen molar-refractivity contribution < 1.29 is 66.9 Å². The number of esters is 1. The van der Waals surface area contributed by atoms with Crippen LogP contribution in [0, 0.1) is 12.7 Å². The molecule has 24 nitrogen and oxygen atoms in total. The Morgan fingerprint density at radius 1 is 0.745 bits per heavy atom. The molecule has 0 bridgehead atoms. The number of nitrogens with zero attached hydrogens (tertiary/aromatic N) is 2. The fourth-order valence-corrected chi connectivity index (χ4v) is 12.7. The number of nitrogens with one attached hydrogen (secondary N) is 8. The van der Waals surface area contributed by atoms with Crippen LogP contribution in [-0.2, 0) is 79.4 Å². The van der Waals surface area contributed by atoms with Gasteiger partial charge in [0.15, 0.2) is 5.60 Å². The summed E-state index contributed by atoms with van der Waals surface area (Å²) >= 11 is 0. The Labute approximate surface area is 541 Å². The van der Waals surface area contributed by atoms with Crippen molar-refractivity contribution >= 4 is 64.5 Å². The van der Waals surface area contributed by atoms with Crippen LogP contribution in [0.1, 0.15) is 135 Å². The molecule has 4 atom stereocenters. The predicted octanol–water partition coefficient (Wildman–Crippen LogP) is 5.21. The van der Waals surface area contributed by atoms with E-state index < -0.39 is 108 Å². The van der Waals surface area contributed by atoms with Crippen LogP contribution in [0.25, 0.3) is 33.4 Å². The molecule has 8 amide bonds. The van der Waals surface area contributed by atoms with Crippen LogP contribution >= 0.6 is 0 Å². The topological polar surface area (TPSA) is 333 Å². The summed E-state index contributed by atoms with van der Waals surface area (Å²) in [5, 5.41) is 33.3. The number of hydrogen-bond acceptors (Lipinski definition) is 15. The lowest BCUT2D eigenvalue weighted by molar-refractivity contribution is -0.172. The molecule has 0 spiro atoms. The SMILES string of the molecule is CC[C@@]1(O)C(=O)OCc2c1cc1n(c2=O)Cc2c-1nc1cc(F)c(C)c3c1c2[C@@H](NC(=O)CCCNC(=O)CNC(=O)[C@H](Cc1ccccc1)NC(=O)CNC(=O)CNC(=O)[C@H](CCCCNC(=O)OC(C)(C)C)NC(=O)OCC1c2ccccc2-c2ccccc21)CC3. The minimum absolute atomic E-state index is 0.0120. The Bertz CT molecular complexity index is 3990. The number of ether oxygens (including phenoxy) is 3. The lowest BCUT2D eigenvalue weighted by atomic mass is 9.81. The van der Waals surface area contributed by atoms with Crippen molar-refractivity contribution in [3.05, 3.63) is 157 Å². The molecule has 0 saturated heterocycles. The molecule has 6 aromatic rings. The first-order valence-electron chi connectivity index (χ1n) is 31.6. The molecule has 2 aliphatic carbocycles. The van der Waals surface area contributed by atoms with Gasteiger partial charge in [0.05, 0.1) is 54.7 Å². The molecular weight excluding hydrogens is 1210 g/mol. The number of aromatic nitrogens is 2. The molecule has 94 heavy (non-hydrogen) atoms. The van der Waals surface area contributed by atoms with E-state index in [9.17, 15) is 53.1 Å². The van der Waals surface area contributed by atoms with Gasteiger partial charge >= 0.3 is 18.2 Å². The summed E-state index contributed by atoms with van der Waals surface area (Å²) in [6, 6.07) is 24.4. The molecule has 4 aliphatic rings. The predicted molar refractivity (Wildman–Crippen MR) is 342 cm³/mol. The van der Waals surface area contributed by atoms with Gasteiger partial charge in [0, 0.05) is 54.4 Å². The number of aryl methyl sites for hydroxylation is 1. The van der Waals surface area contributed by atoms with Gasteiger partial charge in [-0.1, -0.05) is 85.8 Å². The molecular formula is C69H77FN10O14. The van der Waals surface area contributed by atoms with E-state index in [1.807, 2.05) is 48.5 Å². The minimum Gasteiger partial charge on any atom is -0.458 e. The molecule has 4 aromatic carbocycles. The van der Waals surface area contributed by atoms with Crippen molar-refractivity contribution in [2.75, 3.05) is 39.3 Å². The van der Waals surface area contributed by atoms with Crippen LogP contribution < -0.4 is 48.1 Å². The Morgan fingerprint density at radius 3 is 2.09 bits per heavy atom. The molecule has 0 saturated carbocycles. The molecule has 4 heterocycles. The second-order valence-corrected chi connectivity index (χ2v) is 24.9. The van der Waals surface area contributed by atoms with Crippen LogP contribution in [-0.4, -0.2) is 125 Å². The standard InChI is InChI=1S/C69H77FN10O14/c1-6-69(91)48-30-54-61-45(35-80(54)64(87)47(48)37-92-65(69)88)60-50(26-25-40-38(2)49(70)31-52(78-61)59(40)60)76-55(81)24-16-28-71-56(82)32-75-63(86)53(29-39-17-8-7-9-18-39)77-58(84)34-73-57(83)33-74-62(85)51(23-14-15-27-72-66(89)94-68(3,4)5)79-67(90)93-36-46-43-21-12-10-19-41(43)42-20-11-13-22-44(42)46/h7-13,17-22,30-31,46,50-51,53,91H,6,14-16,23-29,32-37H2,1-5H3,(H,71,82)(H,72,89)(H,73,83)(H,74,85)(H,75,86)(H,76,81)(H,77,84)(H,79,90)/t50-,51-,53-,69-/m0/s1. The van der Waals surface area contributed by atoms with Crippen molar-refractivity contribution in [2.45, 2.75) is 141 Å².